The van der Waals surface area contributed by atoms with E-state index in [9.17, 15) is 24.3 Å². The van der Waals surface area contributed by atoms with Crippen LogP contribution in [0.4, 0.5) is 10.5 Å². The standard InChI is InChI=1S/C31H46N2O7S/c1-19(2)26(30(37)39-5)32-31(38)40-21(4)10-9-17-33(28(34)23-15-13-20(3)14-16-23)24-18-25(41-27(24)29(35)36)22-11-7-6-8-12-22/h11,18-21,23,26H,6-10,12-17H2,1-5H3,(H,32,38)(H,35,36). The highest BCUT2D eigenvalue weighted by atomic mass is 32.1. The van der Waals surface area contributed by atoms with E-state index in [0.29, 0.717) is 31.0 Å². The molecule has 2 N–H and O–H groups in total. The molecule has 2 atom stereocenters. The molecule has 1 aromatic rings. The molecule has 2 amide bonds. The molecule has 1 fully saturated rings. The summed E-state index contributed by atoms with van der Waals surface area (Å²) in [6.45, 7) is 7.89. The first kappa shape index (κ1) is 32.6. The predicted octanol–water partition coefficient (Wildman–Crippen LogP) is 6.66. The summed E-state index contributed by atoms with van der Waals surface area (Å²) in [5, 5.41) is 12.7. The molecule has 1 saturated carbocycles. The molecule has 0 bridgehead atoms. The predicted molar refractivity (Wildman–Crippen MR) is 160 cm³/mol. The zero-order valence-corrected chi connectivity index (χ0v) is 25.9. The van der Waals surface area contributed by atoms with Gasteiger partial charge in [-0.2, -0.15) is 0 Å². The Morgan fingerprint density at radius 2 is 1.83 bits per heavy atom. The van der Waals surface area contributed by atoms with Gasteiger partial charge < -0.3 is 24.8 Å². The first-order chi connectivity index (χ1) is 19.5. The average Bonchev–Trinajstić information content (AvgIpc) is 3.39. The van der Waals surface area contributed by atoms with Gasteiger partial charge in [0.25, 0.3) is 0 Å². The third kappa shape index (κ3) is 9.05. The highest BCUT2D eigenvalue weighted by Crippen LogP contribution is 2.40. The van der Waals surface area contributed by atoms with Gasteiger partial charge in [0.1, 0.15) is 17.0 Å². The zero-order valence-electron chi connectivity index (χ0n) is 25.1. The van der Waals surface area contributed by atoms with Crippen LogP contribution in [0.2, 0.25) is 0 Å². The van der Waals surface area contributed by atoms with E-state index < -0.39 is 30.2 Å². The number of carboxylic acids is 1. The lowest BCUT2D eigenvalue weighted by Crippen LogP contribution is -2.46. The van der Waals surface area contributed by atoms with Crippen LogP contribution in [-0.4, -0.2) is 54.8 Å². The van der Waals surface area contributed by atoms with Crippen LogP contribution in [-0.2, 0) is 19.1 Å². The lowest BCUT2D eigenvalue weighted by Gasteiger charge is -2.31. The number of amides is 2. The van der Waals surface area contributed by atoms with Gasteiger partial charge in [0.2, 0.25) is 5.91 Å². The molecule has 2 unspecified atom stereocenters. The summed E-state index contributed by atoms with van der Waals surface area (Å²) in [5.41, 5.74) is 1.63. The third-order valence-corrected chi connectivity index (χ3v) is 9.32. The molecule has 0 radical (unpaired) electrons. The quantitative estimate of drug-likeness (QED) is 0.261. The second-order valence-corrected chi connectivity index (χ2v) is 12.9. The molecule has 228 valence electrons. The van der Waals surface area contributed by atoms with Gasteiger partial charge in [-0.3, -0.25) is 4.79 Å². The first-order valence-electron chi connectivity index (χ1n) is 14.9. The Hall–Kier alpha value is -2.88. The number of hydrogen-bond acceptors (Lipinski definition) is 7. The van der Waals surface area contributed by atoms with Crippen molar-refractivity contribution in [2.45, 2.75) is 104 Å². The lowest BCUT2D eigenvalue weighted by atomic mass is 9.82. The number of thiophene rings is 1. The number of alkyl carbamates (subject to hydrolysis) is 1. The minimum atomic E-state index is -1.03. The number of carbonyl (C=O) groups excluding carboxylic acids is 3. The van der Waals surface area contributed by atoms with Gasteiger partial charge in [0, 0.05) is 17.3 Å². The number of methoxy groups -OCH3 is 1. The van der Waals surface area contributed by atoms with Crippen LogP contribution in [0.5, 0.6) is 0 Å². The number of rotatable bonds is 12. The van der Waals surface area contributed by atoms with Gasteiger partial charge in [0.15, 0.2) is 0 Å². The van der Waals surface area contributed by atoms with E-state index in [2.05, 4.69) is 18.3 Å². The van der Waals surface area contributed by atoms with E-state index in [-0.39, 0.29) is 22.6 Å². The van der Waals surface area contributed by atoms with Gasteiger partial charge in [-0.25, -0.2) is 14.4 Å². The number of carboxylic acid groups (broad SMARTS) is 1. The van der Waals surface area contributed by atoms with E-state index in [4.69, 9.17) is 9.47 Å². The molecule has 1 heterocycles. The lowest BCUT2D eigenvalue weighted by molar-refractivity contribution is -0.144. The van der Waals surface area contributed by atoms with Crippen molar-refractivity contribution in [2.24, 2.45) is 17.8 Å². The smallest absolute Gasteiger partial charge is 0.408 e. The summed E-state index contributed by atoms with van der Waals surface area (Å²) in [6, 6.07) is 1.08. The van der Waals surface area contributed by atoms with Crippen molar-refractivity contribution in [3.05, 3.63) is 21.9 Å². The number of allylic oxidation sites excluding steroid dienone is 2. The largest absolute Gasteiger partial charge is 0.477 e. The molecule has 2 aliphatic carbocycles. The molecule has 0 aromatic carbocycles. The Labute approximate surface area is 247 Å². The summed E-state index contributed by atoms with van der Waals surface area (Å²) < 4.78 is 10.3. The number of nitrogens with one attached hydrogen (secondary N) is 1. The minimum absolute atomic E-state index is 0.0226. The molecular weight excluding hydrogens is 544 g/mol. The van der Waals surface area contributed by atoms with E-state index >= 15 is 0 Å². The van der Waals surface area contributed by atoms with E-state index in [1.54, 1.807) is 25.7 Å². The first-order valence-corrected chi connectivity index (χ1v) is 15.8. The molecule has 0 spiro atoms. The molecular formula is C31H46N2O7S. The average molecular weight is 591 g/mol. The number of esters is 1. The Bertz CT molecular complexity index is 1100. The maximum Gasteiger partial charge on any atom is 0.408 e. The maximum atomic E-state index is 13.9. The molecule has 9 nitrogen and oxygen atoms in total. The van der Waals surface area contributed by atoms with E-state index in [1.807, 2.05) is 6.07 Å². The minimum Gasteiger partial charge on any atom is -0.477 e. The summed E-state index contributed by atoms with van der Waals surface area (Å²) in [6.07, 6.45) is 9.68. The van der Waals surface area contributed by atoms with Crippen molar-refractivity contribution in [3.63, 3.8) is 0 Å². The van der Waals surface area contributed by atoms with Crippen molar-refractivity contribution in [2.75, 3.05) is 18.6 Å². The van der Waals surface area contributed by atoms with E-state index in [1.165, 1.54) is 18.4 Å². The van der Waals surface area contributed by atoms with Gasteiger partial charge in [0.05, 0.1) is 12.8 Å². The topological polar surface area (TPSA) is 122 Å². The SMILES string of the molecule is COC(=O)C(NC(=O)OC(C)CCCN(C(=O)C1CCC(C)CC1)c1cc(C2=CCCCC2)sc1C(=O)O)C(C)C. The number of hydrogen-bond donors (Lipinski definition) is 2. The van der Waals surface area contributed by atoms with Crippen molar-refractivity contribution in [1.29, 1.82) is 0 Å². The molecule has 2 aliphatic rings. The maximum absolute atomic E-state index is 13.9. The monoisotopic (exact) mass is 590 g/mol. The summed E-state index contributed by atoms with van der Waals surface area (Å²) in [5.74, 6) is -1.30. The summed E-state index contributed by atoms with van der Waals surface area (Å²) in [7, 11) is 1.27. The molecule has 10 heteroatoms. The number of carbonyl (C=O) groups is 4. The molecule has 3 rings (SSSR count). The second kappa shape index (κ2) is 15.4. The Kier molecular flexibility index (Phi) is 12.2. The summed E-state index contributed by atoms with van der Waals surface area (Å²) in [4.78, 5) is 53.4. The Balaban J connectivity index is 1.73. The molecule has 0 saturated heterocycles. The molecule has 0 aliphatic heterocycles. The van der Waals surface area contributed by atoms with Crippen LogP contribution in [0.3, 0.4) is 0 Å². The van der Waals surface area contributed by atoms with Crippen molar-refractivity contribution in [1.82, 2.24) is 5.32 Å². The van der Waals surface area contributed by atoms with E-state index in [0.717, 1.165) is 61.8 Å². The van der Waals surface area contributed by atoms with Gasteiger partial charge in [-0.05, 0) is 94.6 Å². The van der Waals surface area contributed by atoms with Gasteiger partial charge in [-0.1, -0.05) is 26.8 Å². The Morgan fingerprint density at radius 3 is 2.41 bits per heavy atom. The normalized spacial score (nSPS) is 20.5. The third-order valence-electron chi connectivity index (χ3n) is 8.13. The van der Waals surface area contributed by atoms with Crippen molar-refractivity contribution < 1.29 is 33.8 Å². The van der Waals surface area contributed by atoms with Crippen LogP contribution in [0, 0.1) is 17.8 Å². The number of nitrogens with zero attached hydrogens (tertiary/aromatic N) is 1. The summed E-state index contributed by atoms with van der Waals surface area (Å²) >= 11 is 1.25. The number of aromatic carboxylic acids is 1. The molecule has 1 aromatic heterocycles. The fourth-order valence-electron chi connectivity index (χ4n) is 5.60. The molecule has 41 heavy (non-hydrogen) atoms. The van der Waals surface area contributed by atoms with Crippen molar-refractivity contribution in [3.8, 4) is 0 Å². The number of anilines is 1. The van der Waals surface area contributed by atoms with Crippen LogP contribution in [0.25, 0.3) is 5.57 Å². The van der Waals surface area contributed by atoms with Crippen LogP contribution in [0.1, 0.15) is 106 Å². The fourth-order valence-corrected chi connectivity index (χ4v) is 6.66. The van der Waals surface area contributed by atoms with Crippen molar-refractivity contribution >= 4 is 46.5 Å². The second-order valence-electron chi connectivity index (χ2n) is 11.8. The Morgan fingerprint density at radius 1 is 1.12 bits per heavy atom. The highest BCUT2D eigenvalue weighted by Gasteiger charge is 2.32. The van der Waals surface area contributed by atoms with Crippen LogP contribution in [0.15, 0.2) is 12.1 Å². The van der Waals surface area contributed by atoms with Crippen LogP contribution < -0.4 is 10.2 Å². The zero-order chi connectivity index (χ0) is 30.1. The fraction of sp³-hybridized carbons (Fsp3) is 0.677. The van der Waals surface area contributed by atoms with Gasteiger partial charge >= 0.3 is 18.0 Å². The van der Waals surface area contributed by atoms with Crippen LogP contribution >= 0.6 is 11.3 Å². The highest BCUT2D eigenvalue weighted by molar-refractivity contribution is 7.15. The van der Waals surface area contributed by atoms with Gasteiger partial charge in [-0.15, -0.1) is 11.3 Å². The number of ether oxygens (including phenoxy) is 2.